The van der Waals surface area contributed by atoms with E-state index >= 15 is 0 Å². The Morgan fingerprint density at radius 3 is 2.59 bits per heavy atom. The first kappa shape index (κ1) is 29.1. The molecule has 0 spiro atoms. The predicted octanol–water partition coefficient (Wildman–Crippen LogP) is 4.64. The van der Waals surface area contributed by atoms with Crippen LogP contribution < -0.4 is 10.1 Å². The molecule has 2 fully saturated rings. The molecule has 1 aliphatic carbocycles. The van der Waals surface area contributed by atoms with Crippen molar-refractivity contribution >= 4 is 38.2 Å². The number of benzene rings is 2. The van der Waals surface area contributed by atoms with Crippen molar-refractivity contribution in [2.45, 2.75) is 61.4 Å². The average molecular weight is 606 g/mol. The number of aromatic nitrogens is 1. The minimum Gasteiger partial charge on any atom is -0.473 e. The van der Waals surface area contributed by atoms with Gasteiger partial charge in [-0.25, -0.2) is 22.2 Å². The van der Waals surface area contributed by atoms with Gasteiger partial charge in [-0.2, -0.15) is 0 Å². The van der Waals surface area contributed by atoms with Gasteiger partial charge in [0, 0.05) is 29.2 Å². The first-order valence-corrected chi connectivity index (χ1v) is 15.6. The Bertz CT molecular complexity index is 1530. The van der Waals surface area contributed by atoms with E-state index in [1.807, 2.05) is 4.90 Å². The summed E-state index contributed by atoms with van der Waals surface area (Å²) in [5.74, 6) is -3.08. The number of likely N-dealkylation sites (tertiary alicyclic amines) is 1. The zero-order chi connectivity index (χ0) is 29.1. The summed E-state index contributed by atoms with van der Waals surface area (Å²) in [6.07, 6.45) is 3.00. The van der Waals surface area contributed by atoms with E-state index in [1.54, 1.807) is 13.1 Å². The van der Waals surface area contributed by atoms with Crippen LogP contribution in [0, 0.1) is 11.6 Å². The van der Waals surface area contributed by atoms with Crippen LogP contribution in [0.25, 0.3) is 0 Å². The lowest BCUT2D eigenvalue weighted by Crippen LogP contribution is -2.36. The number of rotatable bonds is 11. The summed E-state index contributed by atoms with van der Waals surface area (Å²) >= 11 is 1.22. The molecule has 2 atom stereocenters. The number of sulfone groups is 1. The predicted molar refractivity (Wildman–Crippen MR) is 147 cm³/mol. The standard InChI is InChI=1S/C28H29F2N3O6S2/c1-2-38-27(35)23-4-3-13-33(23)16-19-15-31-28(40-19)32-26(34)25(39-24-12-7-18(29)14-22(24)30)17-5-8-20(9-6-17)41(36,37)21-10-11-21/h5-9,12,14-15,21,23,25H,2-4,10-11,13,16H2,1H3,(H,31,32,34). The van der Waals surface area contributed by atoms with E-state index in [9.17, 15) is 26.8 Å². The molecular weight excluding hydrogens is 576 g/mol. The minimum atomic E-state index is -3.45. The molecule has 41 heavy (non-hydrogen) atoms. The van der Waals surface area contributed by atoms with Gasteiger partial charge in [0.2, 0.25) is 6.10 Å². The summed E-state index contributed by atoms with van der Waals surface area (Å²) in [4.78, 5) is 32.9. The minimum absolute atomic E-state index is 0.128. The number of ether oxygens (including phenoxy) is 2. The number of hydrogen-bond donors (Lipinski definition) is 1. The molecule has 2 heterocycles. The third-order valence-electron chi connectivity index (χ3n) is 6.92. The Hall–Kier alpha value is -3.42. The van der Waals surface area contributed by atoms with Gasteiger partial charge in [0.15, 0.2) is 26.5 Å². The number of anilines is 1. The lowest BCUT2D eigenvalue weighted by Gasteiger charge is -2.21. The first-order chi connectivity index (χ1) is 19.7. The zero-order valence-corrected chi connectivity index (χ0v) is 23.8. The normalized spacial score (nSPS) is 18.2. The molecular formula is C28H29F2N3O6S2. The second-order valence-electron chi connectivity index (χ2n) is 9.89. The Morgan fingerprint density at radius 2 is 1.90 bits per heavy atom. The topological polar surface area (TPSA) is 115 Å². The molecule has 3 aromatic rings. The van der Waals surface area contributed by atoms with E-state index in [1.165, 1.54) is 35.6 Å². The smallest absolute Gasteiger partial charge is 0.323 e. The molecule has 1 aromatic heterocycles. The molecule has 0 radical (unpaired) electrons. The molecule has 2 aromatic carbocycles. The number of carbonyl (C=O) groups is 2. The summed E-state index contributed by atoms with van der Waals surface area (Å²) in [7, 11) is -3.45. The van der Waals surface area contributed by atoms with Crippen molar-refractivity contribution in [2.75, 3.05) is 18.5 Å². The fraction of sp³-hybridized carbons (Fsp3) is 0.393. The molecule has 1 amide bonds. The van der Waals surface area contributed by atoms with Crippen LogP contribution in [0.4, 0.5) is 13.9 Å². The summed E-state index contributed by atoms with van der Waals surface area (Å²) in [5.41, 5.74) is 0.270. The SMILES string of the molecule is CCOC(=O)C1CCCN1Cc1cnc(NC(=O)C(Oc2ccc(F)cc2F)c2ccc(S(=O)(=O)C3CC3)cc2)s1. The van der Waals surface area contributed by atoms with Crippen LogP contribution in [0.2, 0.25) is 0 Å². The molecule has 1 saturated carbocycles. The Labute approximate surface area is 240 Å². The van der Waals surface area contributed by atoms with Crippen LogP contribution in [0.15, 0.2) is 53.6 Å². The summed E-state index contributed by atoms with van der Waals surface area (Å²) < 4.78 is 64.0. The summed E-state index contributed by atoms with van der Waals surface area (Å²) in [6.45, 7) is 3.26. The maximum absolute atomic E-state index is 14.4. The van der Waals surface area contributed by atoms with Crippen LogP contribution in [-0.2, 0) is 30.7 Å². The van der Waals surface area contributed by atoms with Gasteiger partial charge in [-0.05, 0) is 63.4 Å². The van der Waals surface area contributed by atoms with Crippen LogP contribution in [-0.4, -0.2) is 54.6 Å². The van der Waals surface area contributed by atoms with Crippen molar-refractivity contribution in [3.8, 4) is 5.75 Å². The maximum atomic E-state index is 14.4. The third-order valence-corrected chi connectivity index (χ3v) is 10.1. The fourth-order valence-corrected chi connectivity index (χ4v) is 7.20. The van der Waals surface area contributed by atoms with Gasteiger partial charge >= 0.3 is 5.97 Å². The molecule has 9 nitrogen and oxygen atoms in total. The highest BCUT2D eigenvalue weighted by Gasteiger charge is 2.37. The quantitative estimate of drug-likeness (QED) is 0.315. The van der Waals surface area contributed by atoms with Gasteiger partial charge < -0.3 is 9.47 Å². The van der Waals surface area contributed by atoms with Crippen molar-refractivity contribution in [2.24, 2.45) is 0 Å². The first-order valence-electron chi connectivity index (χ1n) is 13.3. The van der Waals surface area contributed by atoms with Gasteiger partial charge in [0.25, 0.3) is 5.91 Å². The molecule has 1 N–H and O–H groups in total. The van der Waals surface area contributed by atoms with Crippen LogP contribution in [0.1, 0.15) is 49.2 Å². The zero-order valence-electron chi connectivity index (χ0n) is 22.2. The van der Waals surface area contributed by atoms with Gasteiger partial charge in [0.05, 0.1) is 16.8 Å². The number of thiazole rings is 1. The van der Waals surface area contributed by atoms with Crippen molar-refractivity contribution in [1.29, 1.82) is 0 Å². The van der Waals surface area contributed by atoms with E-state index in [0.717, 1.165) is 30.0 Å². The Morgan fingerprint density at radius 1 is 1.15 bits per heavy atom. The van der Waals surface area contributed by atoms with E-state index in [2.05, 4.69) is 10.3 Å². The van der Waals surface area contributed by atoms with E-state index < -0.39 is 38.7 Å². The van der Waals surface area contributed by atoms with Gasteiger partial charge in [-0.1, -0.05) is 12.1 Å². The molecule has 2 aliphatic rings. The fourth-order valence-electron chi connectivity index (χ4n) is 4.70. The van der Waals surface area contributed by atoms with Crippen molar-refractivity contribution < 1.29 is 36.3 Å². The van der Waals surface area contributed by atoms with E-state index in [-0.39, 0.29) is 33.4 Å². The molecule has 218 valence electrons. The van der Waals surface area contributed by atoms with E-state index in [4.69, 9.17) is 9.47 Å². The number of hydrogen-bond acceptors (Lipinski definition) is 9. The molecule has 13 heteroatoms. The van der Waals surface area contributed by atoms with Crippen molar-refractivity contribution in [3.05, 3.63) is 70.7 Å². The number of esters is 1. The lowest BCUT2D eigenvalue weighted by molar-refractivity contribution is -0.148. The van der Waals surface area contributed by atoms with Crippen LogP contribution in [0.3, 0.4) is 0 Å². The van der Waals surface area contributed by atoms with Crippen LogP contribution in [0.5, 0.6) is 5.75 Å². The highest BCUT2D eigenvalue weighted by molar-refractivity contribution is 7.92. The second-order valence-corrected chi connectivity index (χ2v) is 13.2. The molecule has 5 rings (SSSR count). The van der Waals surface area contributed by atoms with Crippen molar-refractivity contribution in [1.82, 2.24) is 9.88 Å². The van der Waals surface area contributed by atoms with E-state index in [0.29, 0.717) is 38.5 Å². The number of nitrogens with one attached hydrogen (secondary N) is 1. The largest absolute Gasteiger partial charge is 0.473 e. The number of halogens is 2. The van der Waals surface area contributed by atoms with Gasteiger partial charge in [-0.15, -0.1) is 11.3 Å². The maximum Gasteiger partial charge on any atom is 0.323 e. The average Bonchev–Trinajstić information content (AvgIpc) is 3.57. The summed E-state index contributed by atoms with van der Waals surface area (Å²) in [6, 6.07) is 8.07. The number of carbonyl (C=O) groups excluding carboxylic acids is 2. The van der Waals surface area contributed by atoms with Crippen LogP contribution >= 0.6 is 11.3 Å². The number of nitrogens with zero attached hydrogens (tertiary/aromatic N) is 2. The van der Waals surface area contributed by atoms with Crippen molar-refractivity contribution in [3.63, 3.8) is 0 Å². The molecule has 2 unspecified atom stereocenters. The monoisotopic (exact) mass is 605 g/mol. The highest BCUT2D eigenvalue weighted by Crippen LogP contribution is 2.35. The molecule has 1 saturated heterocycles. The van der Waals surface area contributed by atoms with Gasteiger partial charge in [-0.3, -0.25) is 19.8 Å². The Kier molecular flexibility index (Phi) is 8.66. The summed E-state index contributed by atoms with van der Waals surface area (Å²) in [5, 5.41) is 2.55. The third kappa shape index (κ3) is 6.74. The van der Waals surface area contributed by atoms with Gasteiger partial charge in [0.1, 0.15) is 11.9 Å². The molecule has 1 aliphatic heterocycles. The second kappa shape index (κ2) is 12.2. The Balaban J connectivity index is 1.33. The lowest BCUT2D eigenvalue weighted by atomic mass is 10.1. The molecule has 0 bridgehead atoms. The highest BCUT2D eigenvalue weighted by atomic mass is 32.2. The number of amides is 1.